The molecule has 1 atom stereocenters. The van der Waals surface area contributed by atoms with E-state index in [9.17, 15) is 4.79 Å². The van der Waals surface area contributed by atoms with Crippen molar-refractivity contribution >= 4 is 23.4 Å². The molecule has 164 valence electrons. The fourth-order valence-corrected chi connectivity index (χ4v) is 4.09. The van der Waals surface area contributed by atoms with Crippen LogP contribution >= 0.6 is 0 Å². The number of carbonyl (C=O) groups is 1. The van der Waals surface area contributed by atoms with Gasteiger partial charge in [-0.1, -0.05) is 24.3 Å². The molecule has 0 aliphatic carbocycles. The molecule has 32 heavy (non-hydrogen) atoms. The van der Waals surface area contributed by atoms with E-state index in [0.29, 0.717) is 29.6 Å². The summed E-state index contributed by atoms with van der Waals surface area (Å²) in [6, 6.07) is 14.2. The molecule has 1 N–H and O–H groups in total. The molecule has 5 rings (SSSR count). The molecule has 1 aromatic heterocycles. The second kappa shape index (κ2) is 8.37. The lowest BCUT2D eigenvalue weighted by atomic mass is 10.1. The van der Waals surface area contributed by atoms with Crippen molar-refractivity contribution in [1.82, 2.24) is 9.97 Å². The van der Waals surface area contributed by atoms with E-state index in [1.807, 2.05) is 30.3 Å². The number of fused-ring (bicyclic) bond motifs is 2. The number of ether oxygens (including phenoxy) is 3. The quantitative estimate of drug-likeness (QED) is 0.584. The Morgan fingerprint density at radius 1 is 1.22 bits per heavy atom. The van der Waals surface area contributed by atoms with Crippen LogP contribution in [0.2, 0.25) is 0 Å². The minimum atomic E-state index is -0.456. The zero-order valence-corrected chi connectivity index (χ0v) is 18.0. The first-order valence-corrected chi connectivity index (χ1v) is 10.7. The van der Waals surface area contributed by atoms with Crippen LogP contribution in [0.5, 0.6) is 11.5 Å². The number of anilines is 3. The summed E-state index contributed by atoms with van der Waals surface area (Å²) in [7, 11) is 0. The van der Waals surface area contributed by atoms with Crippen molar-refractivity contribution < 1.29 is 19.0 Å². The summed E-state index contributed by atoms with van der Waals surface area (Å²) in [6.07, 6.45) is 2.45. The normalized spacial score (nSPS) is 16.1. The number of carbonyl (C=O) groups excluding carboxylic acids is 1. The molecule has 0 bridgehead atoms. The molecule has 8 nitrogen and oxygen atoms in total. The highest BCUT2D eigenvalue weighted by molar-refractivity contribution is 5.94. The molecule has 8 heteroatoms. The highest BCUT2D eigenvalue weighted by atomic mass is 16.7. The Morgan fingerprint density at radius 2 is 2.06 bits per heavy atom. The smallest absolute Gasteiger partial charge is 0.343 e. The Balaban J connectivity index is 1.46. The maximum absolute atomic E-state index is 12.5. The highest BCUT2D eigenvalue weighted by Gasteiger charge is 2.29. The topological polar surface area (TPSA) is 85.8 Å². The fourth-order valence-electron chi connectivity index (χ4n) is 4.09. The second-order valence-electron chi connectivity index (χ2n) is 7.75. The average molecular weight is 432 g/mol. The van der Waals surface area contributed by atoms with Crippen LogP contribution in [0.4, 0.5) is 17.5 Å². The second-order valence-corrected chi connectivity index (χ2v) is 7.75. The minimum Gasteiger partial charge on any atom is -0.462 e. The lowest BCUT2D eigenvalue weighted by molar-refractivity contribution is 0.0526. The summed E-state index contributed by atoms with van der Waals surface area (Å²) >= 11 is 0. The standard InChI is InChI=1S/C24H24N4O4/c1-3-30-23(29)18-13-26-24(28-15(2)10-17-6-4-5-7-19(17)28)27-22(18)25-12-16-8-9-20-21(11-16)32-14-31-20/h4-9,11,13,15H,3,10,12,14H2,1-2H3,(H,25,26,27). The van der Waals surface area contributed by atoms with Crippen LogP contribution in [-0.2, 0) is 17.7 Å². The first-order valence-electron chi connectivity index (χ1n) is 10.7. The number of nitrogens with zero attached hydrogens (tertiary/aromatic N) is 3. The highest BCUT2D eigenvalue weighted by Crippen LogP contribution is 2.37. The number of aromatic nitrogens is 2. The van der Waals surface area contributed by atoms with Crippen molar-refractivity contribution in [3.05, 3.63) is 65.4 Å². The van der Waals surface area contributed by atoms with E-state index in [0.717, 1.165) is 23.4 Å². The van der Waals surface area contributed by atoms with E-state index in [2.05, 4.69) is 34.3 Å². The van der Waals surface area contributed by atoms with Gasteiger partial charge in [-0.15, -0.1) is 0 Å². The van der Waals surface area contributed by atoms with Crippen LogP contribution in [0.3, 0.4) is 0 Å². The fraction of sp³-hybridized carbons (Fsp3) is 0.292. The molecule has 0 fully saturated rings. The van der Waals surface area contributed by atoms with Gasteiger partial charge in [0, 0.05) is 24.5 Å². The van der Waals surface area contributed by atoms with Gasteiger partial charge in [-0.2, -0.15) is 4.98 Å². The summed E-state index contributed by atoms with van der Waals surface area (Å²) in [5.41, 5.74) is 3.62. The summed E-state index contributed by atoms with van der Waals surface area (Å²) in [6.45, 7) is 4.87. The van der Waals surface area contributed by atoms with Crippen LogP contribution in [0.1, 0.15) is 35.3 Å². The van der Waals surface area contributed by atoms with E-state index in [4.69, 9.17) is 19.2 Å². The lowest BCUT2D eigenvalue weighted by Gasteiger charge is -2.23. The Morgan fingerprint density at radius 3 is 2.94 bits per heavy atom. The molecule has 0 saturated carbocycles. The van der Waals surface area contributed by atoms with Crippen molar-refractivity contribution in [2.45, 2.75) is 32.9 Å². The Labute approximate surface area is 186 Å². The number of benzene rings is 2. The molecular weight excluding hydrogens is 408 g/mol. The van der Waals surface area contributed by atoms with E-state index in [1.165, 1.54) is 11.8 Å². The third kappa shape index (κ3) is 3.68. The largest absolute Gasteiger partial charge is 0.462 e. The number of esters is 1. The van der Waals surface area contributed by atoms with E-state index in [-0.39, 0.29) is 19.4 Å². The maximum atomic E-state index is 12.5. The predicted molar refractivity (Wildman–Crippen MR) is 120 cm³/mol. The van der Waals surface area contributed by atoms with Gasteiger partial charge >= 0.3 is 5.97 Å². The van der Waals surface area contributed by atoms with Gasteiger partial charge in [0.05, 0.1) is 6.61 Å². The number of rotatable bonds is 6. The van der Waals surface area contributed by atoms with Gasteiger partial charge < -0.3 is 24.4 Å². The predicted octanol–water partition coefficient (Wildman–Crippen LogP) is 4.08. The molecule has 2 aromatic carbocycles. The van der Waals surface area contributed by atoms with E-state index >= 15 is 0 Å². The van der Waals surface area contributed by atoms with Gasteiger partial charge in [-0.3, -0.25) is 0 Å². The van der Waals surface area contributed by atoms with Gasteiger partial charge in [-0.25, -0.2) is 9.78 Å². The van der Waals surface area contributed by atoms with Gasteiger partial charge in [0.15, 0.2) is 11.5 Å². The lowest BCUT2D eigenvalue weighted by Crippen LogP contribution is -2.26. The van der Waals surface area contributed by atoms with Gasteiger partial charge in [0.2, 0.25) is 12.7 Å². The molecule has 2 aliphatic rings. The molecular formula is C24H24N4O4. The van der Waals surface area contributed by atoms with Crippen LogP contribution in [0.25, 0.3) is 0 Å². The van der Waals surface area contributed by atoms with Gasteiger partial charge in [-0.05, 0) is 49.6 Å². The van der Waals surface area contributed by atoms with Crippen molar-refractivity contribution in [3.63, 3.8) is 0 Å². The Bertz CT molecular complexity index is 1170. The van der Waals surface area contributed by atoms with Crippen LogP contribution in [-0.4, -0.2) is 35.4 Å². The van der Waals surface area contributed by atoms with Crippen molar-refractivity contribution in [2.24, 2.45) is 0 Å². The molecule has 1 unspecified atom stereocenters. The molecule has 2 aliphatic heterocycles. The molecule has 0 amide bonds. The van der Waals surface area contributed by atoms with Crippen LogP contribution in [0, 0.1) is 0 Å². The van der Waals surface area contributed by atoms with Gasteiger partial charge in [0.25, 0.3) is 0 Å². The first-order chi connectivity index (χ1) is 15.6. The minimum absolute atomic E-state index is 0.211. The Kier molecular flexibility index (Phi) is 5.26. The number of hydrogen-bond acceptors (Lipinski definition) is 8. The summed E-state index contributed by atoms with van der Waals surface area (Å²) < 4.78 is 16.1. The number of nitrogens with one attached hydrogen (secondary N) is 1. The van der Waals surface area contributed by atoms with E-state index < -0.39 is 5.97 Å². The van der Waals surface area contributed by atoms with Crippen molar-refractivity contribution in [1.29, 1.82) is 0 Å². The SMILES string of the molecule is CCOC(=O)c1cnc(N2c3ccccc3CC2C)nc1NCc1ccc2c(c1)OCO2. The van der Waals surface area contributed by atoms with Crippen molar-refractivity contribution in [2.75, 3.05) is 23.6 Å². The number of hydrogen-bond donors (Lipinski definition) is 1. The summed E-state index contributed by atoms with van der Waals surface area (Å²) in [4.78, 5) is 23.9. The molecule has 3 heterocycles. The molecule has 0 radical (unpaired) electrons. The number of para-hydroxylation sites is 1. The third-order valence-corrected chi connectivity index (χ3v) is 5.59. The molecule has 0 spiro atoms. The zero-order valence-electron chi connectivity index (χ0n) is 18.0. The van der Waals surface area contributed by atoms with Crippen LogP contribution < -0.4 is 19.7 Å². The summed E-state index contributed by atoms with van der Waals surface area (Å²) in [5, 5.41) is 3.29. The average Bonchev–Trinajstić information content (AvgIpc) is 3.40. The molecule has 0 saturated heterocycles. The monoisotopic (exact) mass is 432 g/mol. The molecule has 3 aromatic rings. The zero-order chi connectivity index (χ0) is 22.1. The van der Waals surface area contributed by atoms with Crippen molar-refractivity contribution in [3.8, 4) is 11.5 Å². The van der Waals surface area contributed by atoms with Crippen LogP contribution in [0.15, 0.2) is 48.7 Å². The summed E-state index contributed by atoms with van der Waals surface area (Å²) in [5.74, 6) is 1.96. The van der Waals surface area contributed by atoms with Gasteiger partial charge in [0.1, 0.15) is 11.4 Å². The van der Waals surface area contributed by atoms with E-state index in [1.54, 1.807) is 6.92 Å². The Hall–Kier alpha value is -3.81. The third-order valence-electron chi connectivity index (χ3n) is 5.59. The maximum Gasteiger partial charge on any atom is 0.343 e. The first kappa shape index (κ1) is 20.1.